The van der Waals surface area contributed by atoms with E-state index in [1.165, 1.54) is 43.4 Å². The fraction of sp³-hybridized carbons (Fsp3) is 0. The SMILES string of the molecule is c1ccc2c(c1)ccc1cc(-n3c4ccccc4c4cccc(-c5cccc6c5oc5ccccc56)c43)ccc12. The second-order valence-corrected chi connectivity index (χ2v) is 10.5. The topological polar surface area (TPSA) is 18.1 Å². The van der Waals surface area contributed by atoms with Crippen molar-refractivity contribution in [2.24, 2.45) is 0 Å². The molecular formula is C38H23NO. The quantitative estimate of drug-likeness (QED) is 0.212. The molecule has 0 aliphatic heterocycles. The van der Waals surface area contributed by atoms with Gasteiger partial charge in [0.2, 0.25) is 0 Å². The normalized spacial score (nSPS) is 12.0. The Bertz CT molecular complexity index is 2440. The summed E-state index contributed by atoms with van der Waals surface area (Å²) >= 11 is 0. The number of benzene rings is 7. The van der Waals surface area contributed by atoms with Crippen molar-refractivity contribution < 1.29 is 4.42 Å². The molecule has 7 aromatic carbocycles. The molecule has 9 rings (SSSR count). The van der Waals surface area contributed by atoms with Crippen LogP contribution in [0.5, 0.6) is 0 Å². The van der Waals surface area contributed by atoms with Gasteiger partial charge in [-0.1, -0.05) is 115 Å². The Morgan fingerprint density at radius 3 is 2.02 bits per heavy atom. The zero-order valence-corrected chi connectivity index (χ0v) is 21.6. The van der Waals surface area contributed by atoms with Gasteiger partial charge in [-0.3, -0.25) is 0 Å². The lowest BCUT2D eigenvalue weighted by Crippen LogP contribution is -1.96. The monoisotopic (exact) mass is 509 g/mol. The van der Waals surface area contributed by atoms with Gasteiger partial charge in [-0.05, 0) is 45.8 Å². The first kappa shape index (κ1) is 21.6. The van der Waals surface area contributed by atoms with E-state index in [0.717, 1.165) is 38.8 Å². The van der Waals surface area contributed by atoms with Crippen LogP contribution in [0.25, 0.3) is 82.1 Å². The number of hydrogen-bond acceptors (Lipinski definition) is 1. The zero-order chi connectivity index (χ0) is 26.2. The Hall–Kier alpha value is -5.34. The number of hydrogen-bond donors (Lipinski definition) is 0. The van der Waals surface area contributed by atoms with Crippen molar-refractivity contribution in [3.05, 3.63) is 140 Å². The van der Waals surface area contributed by atoms with Crippen molar-refractivity contribution in [1.29, 1.82) is 0 Å². The molecule has 0 aliphatic rings. The fourth-order valence-corrected chi connectivity index (χ4v) is 6.60. The van der Waals surface area contributed by atoms with Gasteiger partial charge < -0.3 is 8.98 Å². The number of aromatic nitrogens is 1. The smallest absolute Gasteiger partial charge is 0.143 e. The second kappa shape index (κ2) is 8.08. The lowest BCUT2D eigenvalue weighted by Gasteiger charge is -2.13. The third kappa shape index (κ3) is 2.93. The van der Waals surface area contributed by atoms with E-state index in [1.807, 2.05) is 6.07 Å². The Morgan fingerprint density at radius 2 is 1.10 bits per heavy atom. The maximum absolute atomic E-state index is 6.50. The highest BCUT2D eigenvalue weighted by Gasteiger charge is 2.19. The molecule has 0 N–H and O–H groups in total. The van der Waals surface area contributed by atoms with Crippen molar-refractivity contribution in [2.45, 2.75) is 0 Å². The summed E-state index contributed by atoms with van der Waals surface area (Å²) in [6, 6.07) is 50.1. The Labute approximate surface area is 230 Å². The number of nitrogens with zero attached hydrogens (tertiary/aromatic N) is 1. The molecule has 0 fully saturated rings. The molecule has 0 saturated carbocycles. The predicted molar refractivity (Wildman–Crippen MR) is 169 cm³/mol. The average Bonchev–Trinajstić information content (AvgIpc) is 3.57. The first-order valence-electron chi connectivity index (χ1n) is 13.7. The van der Waals surface area contributed by atoms with Gasteiger partial charge in [0.25, 0.3) is 0 Å². The van der Waals surface area contributed by atoms with Crippen LogP contribution in [0, 0.1) is 0 Å². The highest BCUT2D eigenvalue weighted by molar-refractivity contribution is 6.17. The van der Waals surface area contributed by atoms with E-state index in [4.69, 9.17) is 4.42 Å². The third-order valence-electron chi connectivity index (χ3n) is 8.38. The van der Waals surface area contributed by atoms with Crippen molar-refractivity contribution >= 4 is 65.3 Å². The summed E-state index contributed by atoms with van der Waals surface area (Å²) in [7, 11) is 0. The van der Waals surface area contributed by atoms with Gasteiger partial charge in [0.15, 0.2) is 0 Å². The number of fused-ring (bicyclic) bond motifs is 9. The largest absolute Gasteiger partial charge is 0.455 e. The van der Waals surface area contributed by atoms with Gasteiger partial charge in [0.05, 0.1) is 11.0 Å². The fourth-order valence-electron chi connectivity index (χ4n) is 6.60. The molecule has 2 heterocycles. The van der Waals surface area contributed by atoms with Crippen LogP contribution >= 0.6 is 0 Å². The van der Waals surface area contributed by atoms with Crippen LogP contribution in [-0.2, 0) is 0 Å². The van der Waals surface area contributed by atoms with Crippen LogP contribution in [0.2, 0.25) is 0 Å². The first-order chi connectivity index (χ1) is 19.8. The third-order valence-corrected chi connectivity index (χ3v) is 8.38. The molecule has 2 heteroatoms. The molecule has 40 heavy (non-hydrogen) atoms. The van der Waals surface area contributed by atoms with Gasteiger partial charge in [0.1, 0.15) is 11.2 Å². The Kier molecular flexibility index (Phi) is 4.36. The van der Waals surface area contributed by atoms with Crippen molar-refractivity contribution in [1.82, 2.24) is 4.57 Å². The molecule has 0 spiro atoms. The van der Waals surface area contributed by atoms with Gasteiger partial charge in [0, 0.05) is 38.4 Å². The first-order valence-corrected chi connectivity index (χ1v) is 13.7. The van der Waals surface area contributed by atoms with E-state index in [2.05, 4.69) is 138 Å². The Morgan fingerprint density at radius 1 is 0.425 bits per heavy atom. The number of para-hydroxylation sites is 4. The van der Waals surface area contributed by atoms with Crippen molar-refractivity contribution in [3.8, 4) is 16.8 Å². The summed E-state index contributed by atoms with van der Waals surface area (Å²) in [5.41, 5.74) is 7.65. The Balaban J connectivity index is 1.39. The molecule has 9 aromatic rings. The molecule has 0 bridgehead atoms. The lowest BCUT2D eigenvalue weighted by molar-refractivity contribution is 0.670. The minimum Gasteiger partial charge on any atom is -0.455 e. The van der Waals surface area contributed by atoms with E-state index in [9.17, 15) is 0 Å². The zero-order valence-electron chi connectivity index (χ0n) is 21.6. The van der Waals surface area contributed by atoms with E-state index in [1.54, 1.807) is 0 Å². The molecule has 0 atom stereocenters. The summed E-state index contributed by atoms with van der Waals surface area (Å²) in [6.07, 6.45) is 0. The van der Waals surface area contributed by atoms with E-state index >= 15 is 0 Å². The summed E-state index contributed by atoms with van der Waals surface area (Å²) in [5, 5.41) is 9.83. The highest BCUT2D eigenvalue weighted by Crippen LogP contribution is 2.42. The van der Waals surface area contributed by atoms with Crippen LogP contribution in [-0.4, -0.2) is 4.57 Å². The lowest BCUT2D eigenvalue weighted by atomic mass is 9.99. The molecular weight excluding hydrogens is 486 g/mol. The van der Waals surface area contributed by atoms with Crippen LogP contribution in [0.15, 0.2) is 144 Å². The minimum atomic E-state index is 0.916. The van der Waals surface area contributed by atoms with Gasteiger partial charge in [-0.15, -0.1) is 0 Å². The summed E-state index contributed by atoms with van der Waals surface area (Å²) in [5.74, 6) is 0. The van der Waals surface area contributed by atoms with Gasteiger partial charge >= 0.3 is 0 Å². The summed E-state index contributed by atoms with van der Waals surface area (Å²) < 4.78 is 8.92. The molecule has 2 aromatic heterocycles. The second-order valence-electron chi connectivity index (χ2n) is 10.5. The van der Waals surface area contributed by atoms with Crippen molar-refractivity contribution in [3.63, 3.8) is 0 Å². The highest BCUT2D eigenvalue weighted by atomic mass is 16.3. The summed E-state index contributed by atoms with van der Waals surface area (Å²) in [6.45, 7) is 0. The van der Waals surface area contributed by atoms with Crippen LogP contribution in [0.4, 0.5) is 0 Å². The number of furan rings is 1. The standard InChI is InChI=1S/C38H23NO/c1-2-10-27-24(9-1)19-20-25-23-26(21-22-28(25)27)39-35-17-5-3-11-29(35)31-13-7-14-32(37(31)39)34-16-8-15-33-30-12-4-6-18-36(30)40-38(33)34/h1-23H. The molecule has 186 valence electrons. The summed E-state index contributed by atoms with van der Waals surface area (Å²) in [4.78, 5) is 0. The molecule has 2 nitrogen and oxygen atoms in total. The maximum atomic E-state index is 6.50. The predicted octanol–water partition coefficient (Wildman–Crippen LogP) is 10.7. The van der Waals surface area contributed by atoms with Crippen LogP contribution in [0.1, 0.15) is 0 Å². The maximum Gasteiger partial charge on any atom is 0.143 e. The molecule has 0 amide bonds. The molecule has 0 radical (unpaired) electrons. The average molecular weight is 510 g/mol. The van der Waals surface area contributed by atoms with E-state index in [0.29, 0.717) is 0 Å². The number of rotatable bonds is 2. The van der Waals surface area contributed by atoms with E-state index < -0.39 is 0 Å². The molecule has 0 unspecified atom stereocenters. The van der Waals surface area contributed by atoms with Gasteiger partial charge in [-0.25, -0.2) is 0 Å². The van der Waals surface area contributed by atoms with Gasteiger partial charge in [-0.2, -0.15) is 0 Å². The minimum absolute atomic E-state index is 0.916. The molecule has 0 saturated heterocycles. The van der Waals surface area contributed by atoms with Crippen LogP contribution in [0.3, 0.4) is 0 Å². The molecule has 0 aliphatic carbocycles. The van der Waals surface area contributed by atoms with Crippen LogP contribution < -0.4 is 0 Å². The van der Waals surface area contributed by atoms with E-state index in [-0.39, 0.29) is 0 Å². The van der Waals surface area contributed by atoms with Crippen molar-refractivity contribution in [2.75, 3.05) is 0 Å².